The molecule has 130 valence electrons. The topological polar surface area (TPSA) is 84.0 Å². The first-order chi connectivity index (χ1) is 12.6. The lowest BCUT2D eigenvalue weighted by atomic mass is 10.2. The zero-order valence-electron chi connectivity index (χ0n) is 13.6. The van der Waals surface area contributed by atoms with Crippen molar-refractivity contribution in [1.82, 2.24) is 15.3 Å². The smallest absolute Gasteiger partial charge is 0.274 e. The molecule has 1 aromatic carbocycles. The van der Waals surface area contributed by atoms with Crippen molar-refractivity contribution in [3.8, 4) is 0 Å². The van der Waals surface area contributed by atoms with E-state index in [-0.39, 0.29) is 11.4 Å². The normalized spacial score (nSPS) is 10.2. The third kappa shape index (κ3) is 4.47. The predicted octanol–water partition coefficient (Wildman–Crippen LogP) is 2.80. The van der Waals surface area contributed by atoms with E-state index in [1.54, 1.807) is 30.6 Å². The molecule has 0 fully saturated rings. The number of pyridine rings is 2. The largest absolute Gasteiger partial charge is 0.347 e. The minimum Gasteiger partial charge on any atom is -0.347 e. The number of amides is 2. The number of nitrogens with one attached hydrogen (secondary N) is 2. The molecule has 3 aromatic rings. The zero-order chi connectivity index (χ0) is 18.4. The van der Waals surface area contributed by atoms with Crippen molar-refractivity contribution in [2.75, 3.05) is 5.32 Å². The Morgan fingerprint density at radius 2 is 1.54 bits per heavy atom. The molecule has 7 heteroatoms. The predicted molar refractivity (Wildman–Crippen MR) is 94.0 cm³/mol. The SMILES string of the molecule is O=C(NCc1ccncc1)c1cccc(C(=O)Nc2ccc(F)cc2)n1. The van der Waals surface area contributed by atoms with Gasteiger partial charge in [0.15, 0.2) is 0 Å². The van der Waals surface area contributed by atoms with Crippen LogP contribution in [0.15, 0.2) is 67.0 Å². The fourth-order valence-electron chi connectivity index (χ4n) is 2.19. The van der Waals surface area contributed by atoms with E-state index in [0.717, 1.165) is 5.56 Å². The second kappa shape index (κ2) is 7.98. The van der Waals surface area contributed by atoms with E-state index >= 15 is 0 Å². The molecule has 0 aliphatic carbocycles. The lowest BCUT2D eigenvalue weighted by molar-refractivity contribution is 0.0945. The molecular formula is C19H15FN4O2. The van der Waals surface area contributed by atoms with E-state index in [0.29, 0.717) is 12.2 Å². The third-order valence-corrected chi connectivity index (χ3v) is 3.52. The van der Waals surface area contributed by atoms with E-state index < -0.39 is 17.6 Å². The highest BCUT2D eigenvalue weighted by Gasteiger charge is 2.12. The molecule has 2 aromatic heterocycles. The summed E-state index contributed by atoms with van der Waals surface area (Å²) in [6.45, 7) is 0.328. The van der Waals surface area contributed by atoms with Crippen molar-refractivity contribution in [2.24, 2.45) is 0 Å². The molecule has 0 aliphatic heterocycles. The summed E-state index contributed by atoms with van der Waals surface area (Å²) in [5.41, 5.74) is 1.56. The number of hydrogen-bond acceptors (Lipinski definition) is 4. The van der Waals surface area contributed by atoms with Gasteiger partial charge in [-0.3, -0.25) is 14.6 Å². The van der Waals surface area contributed by atoms with Gasteiger partial charge in [0.25, 0.3) is 11.8 Å². The highest BCUT2D eigenvalue weighted by molar-refractivity contribution is 6.03. The van der Waals surface area contributed by atoms with Crippen LogP contribution >= 0.6 is 0 Å². The second-order valence-electron chi connectivity index (χ2n) is 5.41. The highest BCUT2D eigenvalue weighted by atomic mass is 19.1. The van der Waals surface area contributed by atoms with E-state index in [2.05, 4.69) is 20.6 Å². The number of carbonyl (C=O) groups is 2. The van der Waals surface area contributed by atoms with E-state index in [9.17, 15) is 14.0 Å². The first-order valence-corrected chi connectivity index (χ1v) is 7.83. The van der Waals surface area contributed by atoms with Gasteiger partial charge in [0.2, 0.25) is 0 Å². The van der Waals surface area contributed by atoms with Gasteiger partial charge in [-0.05, 0) is 54.1 Å². The minimum absolute atomic E-state index is 0.0888. The number of nitrogens with zero attached hydrogens (tertiary/aromatic N) is 2. The first-order valence-electron chi connectivity index (χ1n) is 7.83. The molecule has 26 heavy (non-hydrogen) atoms. The first kappa shape index (κ1) is 17.2. The Morgan fingerprint density at radius 1 is 0.885 bits per heavy atom. The molecule has 6 nitrogen and oxygen atoms in total. The maximum absolute atomic E-state index is 12.9. The van der Waals surface area contributed by atoms with Crippen LogP contribution in [0.25, 0.3) is 0 Å². The van der Waals surface area contributed by atoms with E-state index in [1.165, 1.54) is 36.4 Å². The number of hydrogen-bond donors (Lipinski definition) is 2. The Balaban J connectivity index is 1.66. The molecule has 0 saturated heterocycles. The molecule has 0 spiro atoms. The van der Waals surface area contributed by atoms with Crippen molar-refractivity contribution in [3.05, 3.63) is 89.8 Å². The average Bonchev–Trinajstić information content (AvgIpc) is 2.69. The quantitative estimate of drug-likeness (QED) is 0.741. The fourth-order valence-corrected chi connectivity index (χ4v) is 2.19. The molecule has 0 saturated carbocycles. The number of rotatable bonds is 5. The molecule has 0 radical (unpaired) electrons. The Kier molecular flexibility index (Phi) is 5.28. The Bertz CT molecular complexity index is 914. The molecule has 2 amide bonds. The van der Waals surface area contributed by atoms with Gasteiger partial charge < -0.3 is 10.6 Å². The van der Waals surface area contributed by atoms with Crippen LogP contribution in [0, 0.1) is 5.82 Å². The number of benzene rings is 1. The summed E-state index contributed by atoms with van der Waals surface area (Å²) in [6, 6.07) is 13.6. The highest BCUT2D eigenvalue weighted by Crippen LogP contribution is 2.10. The summed E-state index contributed by atoms with van der Waals surface area (Å²) in [4.78, 5) is 32.5. The van der Waals surface area contributed by atoms with Crippen molar-refractivity contribution in [2.45, 2.75) is 6.54 Å². The maximum Gasteiger partial charge on any atom is 0.274 e. The number of carbonyl (C=O) groups excluding carboxylic acids is 2. The monoisotopic (exact) mass is 350 g/mol. The van der Waals surface area contributed by atoms with Crippen molar-refractivity contribution in [1.29, 1.82) is 0 Å². The zero-order valence-corrected chi connectivity index (χ0v) is 13.6. The van der Waals surface area contributed by atoms with Crippen LogP contribution in [0.1, 0.15) is 26.5 Å². The van der Waals surface area contributed by atoms with Crippen molar-refractivity contribution >= 4 is 17.5 Å². The van der Waals surface area contributed by atoms with Gasteiger partial charge in [-0.15, -0.1) is 0 Å². The van der Waals surface area contributed by atoms with Crippen LogP contribution in [0.5, 0.6) is 0 Å². The molecule has 0 bridgehead atoms. The number of aromatic nitrogens is 2. The van der Waals surface area contributed by atoms with Crippen molar-refractivity contribution < 1.29 is 14.0 Å². The van der Waals surface area contributed by atoms with Crippen LogP contribution in [-0.4, -0.2) is 21.8 Å². The van der Waals surface area contributed by atoms with E-state index in [4.69, 9.17) is 0 Å². The van der Waals surface area contributed by atoms with E-state index in [1.807, 2.05) is 0 Å². The van der Waals surface area contributed by atoms with Gasteiger partial charge in [-0.1, -0.05) is 6.07 Å². The lowest BCUT2D eigenvalue weighted by Crippen LogP contribution is -2.25. The van der Waals surface area contributed by atoms with Crippen LogP contribution in [-0.2, 0) is 6.54 Å². The summed E-state index contributed by atoms with van der Waals surface area (Å²) in [6.07, 6.45) is 3.28. The average molecular weight is 350 g/mol. The Morgan fingerprint density at radius 3 is 2.23 bits per heavy atom. The van der Waals surface area contributed by atoms with Gasteiger partial charge in [0.1, 0.15) is 17.2 Å². The van der Waals surface area contributed by atoms with Gasteiger partial charge >= 0.3 is 0 Å². The molecule has 3 rings (SSSR count). The van der Waals surface area contributed by atoms with Gasteiger partial charge in [0.05, 0.1) is 0 Å². The second-order valence-corrected chi connectivity index (χ2v) is 5.41. The standard InChI is InChI=1S/C19H15FN4O2/c20-14-4-6-15(7-5-14)23-19(26)17-3-1-2-16(24-17)18(25)22-12-13-8-10-21-11-9-13/h1-11H,12H2,(H,22,25)(H,23,26). The third-order valence-electron chi connectivity index (χ3n) is 3.52. The van der Waals surface area contributed by atoms with Crippen molar-refractivity contribution in [3.63, 3.8) is 0 Å². The molecule has 0 atom stereocenters. The van der Waals surface area contributed by atoms with Gasteiger partial charge in [0, 0.05) is 24.6 Å². The van der Waals surface area contributed by atoms with Gasteiger partial charge in [-0.25, -0.2) is 9.37 Å². The van der Waals surface area contributed by atoms with Crippen LogP contribution in [0.3, 0.4) is 0 Å². The summed E-state index contributed by atoms with van der Waals surface area (Å²) >= 11 is 0. The molecule has 0 unspecified atom stereocenters. The molecular weight excluding hydrogens is 335 g/mol. The lowest BCUT2D eigenvalue weighted by Gasteiger charge is -2.07. The Hall–Kier alpha value is -3.61. The summed E-state index contributed by atoms with van der Waals surface area (Å²) in [5.74, 6) is -1.27. The molecule has 2 heterocycles. The summed E-state index contributed by atoms with van der Waals surface area (Å²) < 4.78 is 12.9. The fraction of sp³-hybridized carbons (Fsp3) is 0.0526. The Labute approximate surface area is 149 Å². The summed E-state index contributed by atoms with van der Waals surface area (Å²) in [5, 5.41) is 5.34. The van der Waals surface area contributed by atoms with Crippen LogP contribution in [0.2, 0.25) is 0 Å². The maximum atomic E-state index is 12.9. The van der Waals surface area contributed by atoms with Crippen LogP contribution in [0.4, 0.5) is 10.1 Å². The number of anilines is 1. The van der Waals surface area contributed by atoms with Crippen LogP contribution < -0.4 is 10.6 Å². The molecule has 0 aliphatic rings. The van der Waals surface area contributed by atoms with Gasteiger partial charge in [-0.2, -0.15) is 0 Å². The number of halogens is 1. The summed E-state index contributed by atoms with van der Waals surface area (Å²) in [7, 11) is 0. The molecule has 2 N–H and O–H groups in total. The minimum atomic E-state index is -0.486.